The zero-order chi connectivity index (χ0) is 17.2. The third kappa shape index (κ3) is 3.30. The fraction of sp³-hybridized carbons (Fsp3) is 0.316. The molecular weight excluding hydrogens is 325 g/mol. The van der Waals surface area contributed by atoms with E-state index in [9.17, 15) is 9.18 Å². The smallest absolute Gasteiger partial charge is 0.316 e. The first-order valence-electron chi connectivity index (χ1n) is 8.28. The van der Waals surface area contributed by atoms with Crippen molar-refractivity contribution in [2.75, 3.05) is 19.9 Å². The van der Waals surface area contributed by atoms with Gasteiger partial charge in [-0.1, -0.05) is 12.1 Å². The maximum absolute atomic E-state index is 13.2. The second kappa shape index (κ2) is 6.72. The second-order valence-corrected chi connectivity index (χ2v) is 6.19. The van der Waals surface area contributed by atoms with E-state index < -0.39 is 0 Å². The van der Waals surface area contributed by atoms with E-state index in [0.717, 1.165) is 18.5 Å². The van der Waals surface area contributed by atoms with Gasteiger partial charge in [0.15, 0.2) is 11.5 Å². The Balaban J connectivity index is 1.51. The number of esters is 1. The van der Waals surface area contributed by atoms with Gasteiger partial charge in [0.05, 0.1) is 5.92 Å². The zero-order valence-electron chi connectivity index (χ0n) is 13.5. The molecule has 0 amide bonds. The van der Waals surface area contributed by atoms with Gasteiger partial charge in [-0.2, -0.15) is 0 Å². The van der Waals surface area contributed by atoms with Gasteiger partial charge in [0.2, 0.25) is 6.79 Å². The van der Waals surface area contributed by atoms with E-state index in [4.69, 9.17) is 14.2 Å². The summed E-state index contributed by atoms with van der Waals surface area (Å²) in [5, 5.41) is 3.23. The van der Waals surface area contributed by atoms with Crippen LogP contribution in [0.15, 0.2) is 42.5 Å². The highest BCUT2D eigenvalue weighted by atomic mass is 19.1. The average Bonchev–Trinajstić information content (AvgIpc) is 3.10. The molecular formula is C19H18FNO4. The molecule has 0 unspecified atom stereocenters. The standard InChI is InChI=1S/C19H18FNO4/c20-13-3-1-12(2-4-13)15-7-8-21-10-16(15)19(22)25-14-5-6-17-18(9-14)24-11-23-17/h1-6,9,15-16,21H,7-8,10-11H2/t15-,16+/m0/s1. The van der Waals surface area contributed by atoms with Crippen LogP contribution in [-0.4, -0.2) is 25.9 Å². The Labute approximate surface area is 144 Å². The first-order chi connectivity index (χ1) is 12.2. The fourth-order valence-corrected chi connectivity index (χ4v) is 3.35. The van der Waals surface area contributed by atoms with Crippen molar-refractivity contribution >= 4 is 5.97 Å². The number of hydrogen-bond acceptors (Lipinski definition) is 5. The summed E-state index contributed by atoms with van der Waals surface area (Å²) in [7, 11) is 0. The summed E-state index contributed by atoms with van der Waals surface area (Å²) in [5.74, 6) is 0.730. The van der Waals surface area contributed by atoms with E-state index in [1.54, 1.807) is 30.3 Å². The summed E-state index contributed by atoms with van der Waals surface area (Å²) in [6, 6.07) is 11.4. The van der Waals surface area contributed by atoms with Crippen molar-refractivity contribution < 1.29 is 23.4 Å². The van der Waals surface area contributed by atoms with Gasteiger partial charge in [-0.25, -0.2) is 4.39 Å². The molecule has 0 bridgehead atoms. The van der Waals surface area contributed by atoms with E-state index in [0.29, 0.717) is 23.8 Å². The van der Waals surface area contributed by atoms with Gasteiger partial charge in [0.1, 0.15) is 11.6 Å². The van der Waals surface area contributed by atoms with Crippen LogP contribution >= 0.6 is 0 Å². The van der Waals surface area contributed by atoms with E-state index in [-0.39, 0.29) is 30.4 Å². The summed E-state index contributed by atoms with van der Waals surface area (Å²) in [6.45, 7) is 1.52. The van der Waals surface area contributed by atoms with Crippen LogP contribution in [0.1, 0.15) is 17.9 Å². The lowest BCUT2D eigenvalue weighted by Gasteiger charge is -2.30. The molecule has 6 heteroatoms. The lowest BCUT2D eigenvalue weighted by atomic mass is 9.81. The van der Waals surface area contributed by atoms with Crippen LogP contribution in [0.3, 0.4) is 0 Å². The third-order valence-electron chi connectivity index (χ3n) is 4.65. The predicted molar refractivity (Wildman–Crippen MR) is 88.3 cm³/mol. The van der Waals surface area contributed by atoms with Gasteiger partial charge in [-0.3, -0.25) is 4.79 Å². The first-order valence-corrected chi connectivity index (χ1v) is 8.28. The first kappa shape index (κ1) is 15.9. The molecule has 1 N–H and O–H groups in total. The van der Waals surface area contributed by atoms with Crippen LogP contribution in [0.4, 0.5) is 4.39 Å². The molecule has 0 saturated carbocycles. The molecule has 2 heterocycles. The number of carbonyl (C=O) groups is 1. The summed E-state index contributed by atoms with van der Waals surface area (Å²) in [5.41, 5.74) is 0.954. The van der Waals surface area contributed by atoms with Gasteiger partial charge >= 0.3 is 5.97 Å². The average molecular weight is 343 g/mol. The quantitative estimate of drug-likeness (QED) is 0.686. The second-order valence-electron chi connectivity index (χ2n) is 6.19. The van der Waals surface area contributed by atoms with Crippen molar-refractivity contribution in [2.45, 2.75) is 12.3 Å². The number of rotatable bonds is 3. The summed E-state index contributed by atoms with van der Waals surface area (Å²) >= 11 is 0. The molecule has 5 nitrogen and oxygen atoms in total. The third-order valence-corrected chi connectivity index (χ3v) is 4.65. The SMILES string of the molecule is O=C(Oc1ccc2c(c1)OCO2)[C@@H]1CNCC[C@H]1c1ccc(F)cc1. The molecule has 1 saturated heterocycles. The van der Waals surface area contributed by atoms with Gasteiger partial charge in [-0.05, 0) is 48.7 Å². The van der Waals surface area contributed by atoms with Crippen LogP contribution in [-0.2, 0) is 4.79 Å². The highest BCUT2D eigenvalue weighted by molar-refractivity contribution is 5.77. The monoisotopic (exact) mass is 343 g/mol. The minimum atomic E-state index is -0.329. The maximum Gasteiger partial charge on any atom is 0.316 e. The molecule has 25 heavy (non-hydrogen) atoms. The fourth-order valence-electron chi connectivity index (χ4n) is 3.35. The molecule has 2 aliphatic rings. The molecule has 1 fully saturated rings. The number of ether oxygens (including phenoxy) is 3. The number of carbonyl (C=O) groups excluding carboxylic acids is 1. The maximum atomic E-state index is 13.2. The highest BCUT2D eigenvalue weighted by Crippen LogP contribution is 2.36. The Morgan fingerprint density at radius 1 is 1.12 bits per heavy atom. The van der Waals surface area contributed by atoms with Crippen molar-refractivity contribution in [1.82, 2.24) is 5.32 Å². The summed E-state index contributed by atoms with van der Waals surface area (Å²) < 4.78 is 29.3. The Bertz CT molecular complexity index is 777. The summed E-state index contributed by atoms with van der Waals surface area (Å²) in [4.78, 5) is 12.7. The molecule has 4 rings (SSSR count). The van der Waals surface area contributed by atoms with E-state index >= 15 is 0 Å². The Morgan fingerprint density at radius 2 is 1.92 bits per heavy atom. The van der Waals surface area contributed by atoms with Gasteiger partial charge < -0.3 is 19.5 Å². The van der Waals surface area contributed by atoms with Crippen molar-refractivity contribution in [3.05, 3.63) is 53.8 Å². The largest absolute Gasteiger partial charge is 0.454 e. The number of hydrogen-bond donors (Lipinski definition) is 1. The Morgan fingerprint density at radius 3 is 2.76 bits per heavy atom. The van der Waals surface area contributed by atoms with Crippen molar-refractivity contribution in [2.24, 2.45) is 5.92 Å². The number of piperidine rings is 1. The summed E-state index contributed by atoms with van der Waals surface area (Å²) in [6.07, 6.45) is 0.798. The Kier molecular flexibility index (Phi) is 4.28. The van der Waals surface area contributed by atoms with Gasteiger partial charge in [0.25, 0.3) is 0 Å². The lowest BCUT2D eigenvalue weighted by molar-refractivity contribution is -0.140. The van der Waals surface area contributed by atoms with Crippen LogP contribution in [0.5, 0.6) is 17.2 Å². The van der Waals surface area contributed by atoms with Crippen LogP contribution in [0.2, 0.25) is 0 Å². The predicted octanol–water partition coefficient (Wildman–Crippen LogP) is 2.85. The number of fused-ring (bicyclic) bond motifs is 1. The number of benzene rings is 2. The molecule has 0 aliphatic carbocycles. The minimum Gasteiger partial charge on any atom is -0.454 e. The van der Waals surface area contributed by atoms with Crippen LogP contribution in [0, 0.1) is 11.7 Å². The van der Waals surface area contributed by atoms with Gasteiger partial charge in [0, 0.05) is 12.6 Å². The molecule has 0 aromatic heterocycles. The normalized spacial score (nSPS) is 21.8. The van der Waals surface area contributed by atoms with Crippen molar-refractivity contribution in [3.8, 4) is 17.2 Å². The topological polar surface area (TPSA) is 56.8 Å². The minimum absolute atomic E-state index is 0.00311. The number of halogens is 1. The Hall–Kier alpha value is -2.60. The zero-order valence-corrected chi connectivity index (χ0v) is 13.5. The molecule has 2 aliphatic heterocycles. The van der Waals surface area contributed by atoms with E-state index in [2.05, 4.69) is 5.32 Å². The van der Waals surface area contributed by atoms with Crippen molar-refractivity contribution in [1.29, 1.82) is 0 Å². The number of nitrogens with one attached hydrogen (secondary N) is 1. The molecule has 0 spiro atoms. The van der Waals surface area contributed by atoms with Crippen LogP contribution < -0.4 is 19.5 Å². The molecule has 0 radical (unpaired) electrons. The van der Waals surface area contributed by atoms with Gasteiger partial charge in [-0.15, -0.1) is 0 Å². The molecule has 130 valence electrons. The van der Waals surface area contributed by atoms with E-state index in [1.165, 1.54) is 12.1 Å². The lowest BCUT2D eigenvalue weighted by Crippen LogP contribution is -2.41. The molecule has 2 atom stereocenters. The van der Waals surface area contributed by atoms with Crippen LogP contribution in [0.25, 0.3) is 0 Å². The molecule has 2 aromatic rings. The highest BCUT2D eigenvalue weighted by Gasteiger charge is 2.33. The van der Waals surface area contributed by atoms with E-state index in [1.807, 2.05) is 0 Å². The van der Waals surface area contributed by atoms with Crippen molar-refractivity contribution in [3.63, 3.8) is 0 Å². The molecule has 2 aromatic carbocycles.